The van der Waals surface area contributed by atoms with Crippen LogP contribution in [0.5, 0.6) is 0 Å². The molecule has 2 fully saturated rings. The Morgan fingerprint density at radius 2 is 1.92 bits per heavy atom. The molecule has 1 aliphatic carbocycles. The Morgan fingerprint density at radius 3 is 2.64 bits per heavy atom. The van der Waals surface area contributed by atoms with Gasteiger partial charge in [0.25, 0.3) is 0 Å². The molecule has 1 aromatic heterocycles. The van der Waals surface area contributed by atoms with E-state index in [0.29, 0.717) is 37.0 Å². The fraction of sp³-hybridized carbons (Fsp3) is 0.500. The minimum Gasteiger partial charge on any atom is -0.424 e. The molecule has 0 N–H and O–H groups in total. The van der Waals surface area contributed by atoms with E-state index in [-0.39, 0.29) is 18.1 Å². The summed E-state index contributed by atoms with van der Waals surface area (Å²) in [5.41, 5.74) is 0.452. The van der Waals surface area contributed by atoms with Crippen LogP contribution in [0.2, 0.25) is 0 Å². The van der Waals surface area contributed by atoms with Gasteiger partial charge in [0, 0.05) is 32.1 Å². The normalized spacial score (nSPS) is 18.5. The van der Waals surface area contributed by atoms with Crippen LogP contribution in [0.15, 0.2) is 28.7 Å². The lowest BCUT2D eigenvalue weighted by molar-refractivity contribution is -0.132. The summed E-state index contributed by atoms with van der Waals surface area (Å²) in [4.78, 5) is 16.4. The fourth-order valence-corrected chi connectivity index (χ4v) is 3.09. The molecule has 0 atom stereocenters. The average molecular weight is 344 g/mol. The molecule has 7 heteroatoms. The van der Waals surface area contributed by atoms with Crippen molar-refractivity contribution in [3.63, 3.8) is 0 Å². The second kappa shape index (κ2) is 6.92. The van der Waals surface area contributed by atoms with Gasteiger partial charge in [-0.2, -0.15) is 0 Å². The van der Waals surface area contributed by atoms with Crippen molar-refractivity contribution >= 4 is 5.91 Å². The SMILES string of the molecule is O=C(Cc1ccccc1F)N1CCN(Cc2nnc(C3CC3)o2)CC1. The Hall–Kier alpha value is -2.28. The highest BCUT2D eigenvalue weighted by Crippen LogP contribution is 2.39. The average Bonchev–Trinajstić information content (AvgIpc) is 3.37. The first-order valence-electron chi connectivity index (χ1n) is 8.75. The first-order valence-corrected chi connectivity index (χ1v) is 8.75. The van der Waals surface area contributed by atoms with E-state index in [0.717, 1.165) is 31.8 Å². The van der Waals surface area contributed by atoms with Crippen molar-refractivity contribution in [1.82, 2.24) is 20.0 Å². The third kappa shape index (κ3) is 3.87. The van der Waals surface area contributed by atoms with E-state index in [4.69, 9.17) is 4.42 Å². The maximum absolute atomic E-state index is 13.7. The second-order valence-corrected chi connectivity index (χ2v) is 6.73. The van der Waals surface area contributed by atoms with E-state index < -0.39 is 0 Å². The van der Waals surface area contributed by atoms with Crippen molar-refractivity contribution in [3.05, 3.63) is 47.4 Å². The molecule has 0 unspecified atom stereocenters. The van der Waals surface area contributed by atoms with E-state index in [9.17, 15) is 9.18 Å². The Balaban J connectivity index is 1.27. The monoisotopic (exact) mass is 344 g/mol. The number of hydrogen-bond donors (Lipinski definition) is 0. The van der Waals surface area contributed by atoms with E-state index in [1.165, 1.54) is 6.07 Å². The number of halogens is 1. The van der Waals surface area contributed by atoms with Gasteiger partial charge in [-0.1, -0.05) is 18.2 Å². The molecule has 1 aliphatic heterocycles. The van der Waals surface area contributed by atoms with Crippen LogP contribution in [0.1, 0.15) is 36.1 Å². The molecule has 1 amide bonds. The molecule has 2 aliphatic rings. The molecule has 0 radical (unpaired) electrons. The van der Waals surface area contributed by atoms with Gasteiger partial charge in [-0.15, -0.1) is 10.2 Å². The third-order valence-corrected chi connectivity index (χ3v) is 4.79. The number of nitrogens with zero attached hydrogens (tertiary/aromatic N) is 4. The summed E-state index contributed by atoms with van der Waals surface area (Å²) in [6.07, 6.45) is 2.40. The first kappa shape index (κ1) is 16.2. The highest BCUT2D eigenvalue weighted by atomic mass is 19.1. The number of carbonyl (C=O) groups is 1. The van der Waals surface area contributed by atoms with Crippen molar-refractivity contribution in [1.29, 1.82) is 0 Å². The van der Waals surface area contributed by atoms with Crippen molar-refractivity contribution < 1.29 is 13.6 Å². The van der Waals surface area contributed by atoms with E-state index in [1.54, 1.807) is 23.1 Å². The van der Waals surface area contributed by atoms with Crippen LogP contribution in [0.25, 0.3) is 0 Å². The number of aromatic nitrogens is 2. The molecule has 132 valence electrons. The van der Waals surface area contributed by atoms with Gasteiger partial charge < -0.3 is 9.32 Å². The number of piperazine rings is 1. The lowest BCUT2D eigenvalue weighted by Crippen LogP contribution is -2.48. The summed E-state index contributed by atoms with van der Waals surface area (Å²) in [5.74, 6) is 1.52. The van der Waals surface area contributed by atoms with Gasteiger partial charge in [0.05, 0.1) is 13.0 Å². The lowest BCUT2D eigenvalue weighted by Gasteiger charge is -2.34. The summed E-state index contributed by atoms with van der Waals surface area (Å²) in [6.45, 7) is 3.40. The number of benzene rings is 1. The zero-order valence-corrected chi connectivity index (χ0v) is 14.0. The predicted molar refractivity (Wildman–Crippen MR) is 88.2 cm³/mol. The van der Waals surface area contributed by atoms with Gasteiger partial charge in [-0.3, -0.25) is 9.69 Å². The van der Waals surface area contributed by atoms with Crippen LogP contribution in [-0.2, 0) is 17.8 Å². The van der Waals surface area contributed by atoms with Crippen molar-refractivity contribution in [2.24, 2.45) is 0 Å². The summed E-state index contributed by atoms with van der Waals surface area (Å²) in [5, 5.41) is 8.21. The van der Waals surface area contributed by atoms with Crippen molar-refractivity contribution in [2.75, 3.05) is 26.2 Å². The van der Waals surface area contributed by atoms with E-state index >= 15 is 0 Å². The molecule has 1 saturated heterocycles. The highest BCUT2D eigenvalue weighted by Gasteiger charge is 2.30. The smallest absolute Gasteiger partial charge is 0.230 e. The Morgan fingerprint density at radius 1 is 1.16 bits per heavy atom. The molecule has 1 saturated carbocycles. The maximum atomic E-state index is 13.7. The van der Waals surface area contributed by atoms with Crippen molar-refractivity contribution in [2.45, 2.75) is 31.7 Å². The molecular formula is C18H21FN4O2. The summed E-state index contributed by atoms with van der Waals surface area (Å²) in [7, 11) is 0. The van der Waals surface area contributed by atoms with E-state index in [2.05, 4.69) is 15.1 Å². The van der Waals surface area contributed by atoms with Gasteiger partial charge in [0.2, 0.25) is 17.7 Å². The fourth-order valence-electron chi connectivity index (χ4n) is 3.09. The van der Waals surface area contributed by atoms with Crippen LogP contribution in [0.3, 0.4) is 0 Å². The summed E-state index contributed by atoms with van der Waals surface area (Å²) < 4.78 is 19.4. The summed E-state index contributed by atoms with van der Waals surface area (Å²) >= 11 is 0. The van der Waals surface area contributed by atoms with Gasteiger partial charge in [0.1, 0.15) is 5.82 Å². The lowest BCUT2D eigenvalue weighted by atomic mass is 10.1. The van der Waals surface area contributed by atoms with Gasteiger partial charge in [0.15, 0.2) is 0 Å². The minimum atomic E-state index is -0.322. The molecule has 25 heavy (non-hydrogen) atoms. The molecular weight excluding hydrogens is 323 g/mol. The topological polar surface area (TPSA) is 62.5 Å². The largest absolute Gasteiger partial charge is 0.424 e. The minimum absolute atomic E-state index is 0.0291. The van der Waals surface area contributed by atoms with Gasteiger partial charge in [-0.05, 0) is 24.5 Å². The van der Waals surface area contributed by atoms with Crippen LogP contribution in [0.4, 0.5) is 4.39 Å². The number of carbonyl (C=O) groups excluding carboxylic acids is 1. The highest BCUT2D eigenvalue weighted by molar-refractivity contribution is 5.79. The van der Waals surface area contributed by atoms with Gasteiger partial charge >= 0.3 is 0 Å². The second-order valence-electron chi connectivity index (χ2n) is 6.73. The Bertz CT molecular complexity index is 751. The first-order chi connectivity index (χ1) is 12.2. The zero-order chi connectivity index (χ0) is 17.2. The van der Waals surface area contributed by atoms with Crippen LogP contribution in [0, 0.1) is 5.82 Å². The molecule has 0 bridgehead atoms. The number of rotatable bonds is 5. The Kier molecular flexibility index (Phi) is 4.48. The van der Waals surface area contributed by atoms with Crippen LogP contribution in [-0.4, -0.2) is 52.1 Å². The number of amides is 1. The summed E-state index contributed by atoms with van der Waals surface area (Å²) in [6, 6.07) is 6.44. The number of hydrogen-bond acceptors (Lipinski definition) is 5. The molecule has 2 heterocycles. The van der Waals surface area contributed by atoms with Crippen LogP contribution >= 0.6 is 0 Å². The maximum Gasteiger partial charge on any atom is 0.230 e. The molecule has 4 rings (SSSR count). The zero-order valence-electron chi connectivity index (χ0n) is 14.0. The van der Waals surface area contributed by atoms with Crippen molar-refractivity contribution in [3.8, 4) is 0 Å². The Labute approximate surface area is 145 Å². The van der Waals surface area contributed by atoms with Gasteiger partial charge in [-0.25, -0.2) is 4.39 Å². The predicted octanol–water partition coefficient (Wildman–Crippen LogP) is 1.97. The van der Waals surface area contributed by atoms with Crippen LogP contribution < -0.4 is 0 Å². The molecule has 1 aromatic carbocycles. The third-order valence-electron chi connectivity index (χ3n) is 4.79. The van der Waals surface area contributed by atoms with E-state index in [1.807, 2.05) is 0 Å². The quantitative estimate of drug-likeness (QED) is 0.830. The molecule has 0 spiro atoms. The molecule has 2 aromatic rings. The molecule has 6 nitrogen and oxygen atoms in total. The standard InChI is InChI=1S/C18H21FN4O2/c19-15-4-2-1-3-14(15)11-17(24)23-9-7-22(8-10-23)12-16-20-21-18(25-16)13-5-6-13/h1-4,13H,5-12H2.